The lowest BCUT2D eigenvalue weighted by molar-refractivity contribution is 0.0743. The van der Waals surface area contributed by atoms with Gasteiger partial charge >= 0.3 is 0 Å². The molecule has 27 heavy (non-hydrogen) atoms. The molecule has 0 unspecified atom stereocenters. The molecule has 5 nitrogen and oxygen atoms in total. The van der Waals surface area contributed by atoms with Crippen molar-refractivity contribution in [1.29, 1.82) is 0 Å². The molecule has 1 heterocycles. The number of anilines is 2. The zero-order chi connectivity index (χ0) is 18.0. The van der Waals surface area contributed by atoms with Crippen molar-refractivity contribution in [3.63, 3.8) is 0 Å². The van der Waals surface area contributed by atoms with E-state index in [9.17, 15) is 4.79 Å². The van der Waals surface area contributed by atoms with E-state index in [0.29, 0.717) is 35.1 Å². The zero-order valence-electron chi connectivity index (χ0n) is 15.3. The molecular formula is C19H24Cl3N3O2. The molecule has 8 heteroatoms. The van der Waals surface area contributed by atoms with Crippen LogP contribution in [0.2, 0.25) is 5.02 Å². The number of para-hydroxylation sites is 1. The van der Waals surface area contributed by atoms with Gasteiger partial charge in [0.05, 0.1) is 23.4 Å². The summed E-state index contributed by atoms with van der Waals surface area (Å²) in [5.74, 6) is 0.372. The summed E-state index contributed by atoms with van der Waals surface area (Å²) in [7, 11) is 1.52. The van der Waals surface area contributed by atoms with E-state index in [1.54, 1.807) is 12.1 Å². The first kappa shape index (κ1) is 23.2. The van der Waals surface area contributed by atoms with Crippen LogP contribution in [0, 0.1) is 6.92 Å². The minimum absolute atomic E-state index is 0. The van der Waals surface area contributed by atoms with Gasteiger partial charge in [-0.05, 0) is 24.6 Å². The number of benzene rings is 2. The number of halogens is 3. The van der Waals surface area contributed by atoms with Crippen LogP contribution in [0.1, 0.15) is 15.9 Å². The average Bonchev–Trinajstić information content (AvgIpc) is 2.63. The number of ether oxygens (including phenoxy) is 1. The Balaban J connectivity index is 0.00000182. The molecule has 148 valence electrons. The zero-order valence-corrected chi connectivity index (χ0v) is 17.7. The molecular weight excluding hydrogens is 409 g/mol. The van der Waals surface area contributed by atoms with Crippen LogP contribution in [-0.4, -0.2) is 44.1 Å². The van der Waals surface area contributed by atoms with Crippen molar-refractivity contribution < 1.29 is 9.53 Å². The molecule has 1 saturated heterocycles. The largest absolute Gasteiger partial charge is 0.496 e. The first-order valence-corrected chi connectivity index (χ1v) is 8.62. The van der Waals surface area contributed by atoms with Crippen molar-refractivity contribution in [2.75, 3.05) is 43.9 Å². The van der Waals surface area contributed by atoms with Crippen LogP contribution in [-0.2, 0) is 0 Å². The molecule has 0 radical (unpaired) electrons. The molecule has 3 rings (SSSR count). The SMILES string of the molecule is COc1cc(N)c(Cl)cc1C(=O)N1CCN(c2ccccc2C)CC1.Cl.Cl. The fourth-order valence-electron chi connectivity index (χ4n) is 3.14. The van der Waals surface area contributed by atoms with Crippen LogP contribution in [0.15, 0.2) is 36.4 Å². The Kier molecular flexibility index (Phi) is 8.54. The molecule has 0 saturated carbocycles. The molecule has 0 spiro atoms. The Bertz CT molecular complexity index is 794. The second kappa shape index (κ2) is 9.93. The molecule has 1 aliphatic rings. The van der Waals surface area contributed by atoms with Gasteiger partial charge in [0.2, 0.25) is 0 Å². The number of methoxy groups -OCH3 is 1. The Morgan fingerprint density at radius 1 is 1.11 bits per heavy atom. The predicted octanol–water partition coefficient (Wildman–Crippen LogP) is 4.05. The second-order valence-corrected chi connectivity index (χ2v) is 6.55. The maximum absolute atomic E-state index is 12.9. The van der Waals surface area contributed by atoms with E-state index >= 15 is 0 Å². The molecule has 0 aliphatic carbocycles. The first-order chi connectivity index (χ1) is 12.0. The van der Waals surface area contributed by atoms with E-state index in [0.717, 1.165) is 13.1 Å². The van der Waals surface area contributed by atoms with Gasteiger partial charge in [0.15, 0.2) is 0 Å². The molecule has 1 amide bonds. The van der Waals surface area contributed by atoms with Gasteiger partial charge in [0.25, 0.3) is 5.91 Å². The third-order valence-electron chi connectivity index (χ3n) is 4.57. The topological polar surface area (TPSA) is 58.8 Å². The summed E-state index contributed by atoms with van der Waals surface area (Å²) < 4.78 is 5.30. The van der Waals surface area contributed by atoms with Gasteiger partial charge in [-0.2, -0.15) is 0 Å². The molecule has 1 fully saturated rings. The minimum atomic E-state index is -0.0804. The fourth-order valence-corrected chi connectivity index (χ4v) is 3.31. The van der Waals surface area contributed by atoms with Crippen molar-refractivity contribution in [3.05, 3.63) is 52.5 Å². The van der Waals surface area contributed by atoms with Crippen molar-refractivity contribution in [1.82, 2.24) is 4.90 Å². The number of carbonyl (C=O) groups excluding carboxylic acids is 1. The smallest absolute Gasteiger partial charge is 0.257 e. The summed E-state index contributed by atoms with van der Waals surface area (Å²) in [5.41, 5.74) is 9.12. The summed E-state index contributed by atoms with van der Waals surface area (Å²) in [6, 6.07) is 11.5. The average molecular weight is 433 g/mol. The molecule has 2 aromatic rings. The van der Waals surface area contributed by atoms with Crippen molar-refractivity contribution in [3.8, 4) is 5.75 Å². The van der Waals surface area contributed by atoms with Gasteiger partial charge in [0.1, 0.15) is 5.75 Å². The normalized spacial score (nSPS) is 13.4. The standard InChI is InChI=1S/C19H22ClN3O2.2ClH/c1-13-5-3-4-6-17(13)22-7-9-23(10-8-22)19(24)14-11-15(20)16(21)12-18(14)25-2;;/h3-6,11-12H,7-10,21H2,1-2H3;2*1H. The van der Waals surface area contributed by atoms with E-state index < -0.39 is 0 Å². The number of nitrogens with zero attached hydrogens (tertiary/aromatic N) is 2. The summed E-state index contributed by atoms with van der Waals surface area (Å²) in [5, 5.41) is 0.364. The molecule has 1 aliphatic heterocycles. The van der Waals surface area contributed by atoms with Crippen LogP contribution in [0.5, 0.6) is 5.75 Å². The second-order valence-electron chi connectivity index (χ2n) is 6.14. The number of piperazine rings is 1. The van der Waals surface area contributed by atoms with Gasteiger partial charge < -0.3 is 20.3 Å². The lowest BCUT2D eigenvalue weighted by Crippen LogP contribution is -2.49. The van der Waals surface area contributed by atoms with E-state index in [4.69, 9.17) is 22.1 Å². The Hall–Kier alpha value is -1.82. The highest BCUT2D eigenvalue weighted by Crippen LogP contribution is 2.30. The highest BCUT2D eigenvalue weighted by atomic mass is 35.5. The number of hydrogen-bond acceptors (Lipinski definition) is 4. The van der Waals surface area contributed by atoms with Gasteiger partial charge in [-0.15, -0.1) is 24.8 Å². The quantitative estimate of drug-likeness (QED) is 0.744. The third kappa shape index (κ3) is 4.92. The maximum Gasteiger partial charge on any atom is 0.257 e. The number of carbonyl (C=O) groups is 1. The van der Waals surface area contributed by atoms with Crippen LogP contribution >= 0.6 is 36.4 Å². The van der Waals surface area contributed by atoms with Crippen LogP contribution in [0.4, 0.5) is 11.4 Å². The van der Waals surface area contributed by atoms with E-state index in [-0.39, 0.29) is 30.7 Å². The van der Waals surface area contributed by atoms with Crippen molar-refractivity contribution in [2.45, 2.75) is 6.92 Å². The summed E-state index contributed by atoms with van der Waals surface area (Å²) in [6.07, 6.45) is 0. The number of nitrogen functional groups attached to an aromatic ring is 1. The number of nitrogens with two attached hydrogens (primary N) is 1. The van der Waals surface area contributed by atoms with Crippen LogP contribution in [0.3, 0.4) is 0 Å². The molecule has 0 atom stereocenters. The van der Waals surface area contributed by atoms with E-state index in [1.165, 1.54) is 18.4 Å². The summed E-state index contributed by atoms with van der Waals surface area (Å²) in [4.78, 5) is 17.0. The highest BCUT2D eigenvalue weighted by molar-refractivity contribution is 6.33. The van der Waals surface area contributed by atoms with Crippen molar-refractivity contribution in [2.24, 2.45) is 0 Å². The Morgan fingerprint density at radius 2 is 1.74 bits per heavy atom. The van der Waals surface area contributed by atoms with E-state index in [2.05, 4.69) is 24.0 Å². The molecule has 0 bridgehead atoms. The highest BCUT2D eigenvalue weighted by Gasteiger charge is 2.25. The minimum Gasteiger partial charge on any atom is -0.496 e. The number of amides is 1. The van der Waals surface area contributed by atoms with Gasteiger partial charge in [-0.1, -0.05) is 29.8 Å². The molecule has 0 aromatic heterocycles. The fraction of sp³-hybridized carbons (Fsp3) is 0.316. The first-order valence-electron chi connectivity index (χ1n) is 8.24. The van der Waals surface area contributed by atoms with Gasteiger partial charge in [-0.3, -0.25) is 4.79 Å². The lowest BCUT2D eigenvalue weighted by atomic mass is 10.1. The van der Waals surface area contributed by atoms with Crippen molar-refractivity contribution >= 4 is 53.7 Å². The Morgan fingerprint density at radius 3 is 2.33 bits per heavy atom. The number of aryl methyl sites for hydroxylation is 1. The third-order valence-corrected chi connectivity index (χ3v) is 4.90. The Labute approximate surface area is 177 Å². The van der Waals surface area contributed by atoms with Gasteiger partial charge in [-0.25, -0.2) is 0 Å². The predicted molar refractivity (Wildman–Crippen MR) is 116 cm³/mol. The molecule has 2 aromatic carbocycles. The number of rotatable bonds is 3. The van der Waals surface area contributed by atoms with Crippen LogP contribution < -0.4 is 15.4 Å². The molecule has 2 N–H and O–H groups in total. The number of hydrogen-bond donors (Lipinski definition) is 1. The lowest BCUT2D eigenvalue weighted by Gasteiger charge is -2.37. The monoisotopic (exact) mass is 431 g/mol. The van der Waals surface area contributed by atoms with Crippen LogP contribution in [0.25, 0.3) is 0 Å². The maximum atomic E-state index is 12.9. The van der Waals surface area contributed by atoms with Gasteiger partial charge in [0, 0.05) is 37.9 Å². The summed E-state index contributed by atoms with van der Waals surface area (Å²) in [6.45, 7) is 4.99. The summed E-state index contributed by atoms with van der Waals surface area (Å²) >= 11 is 6.09. The van der Waals surface area contributed by atoms with E-state index in [1.807, 2.05) is 17.0 Å².